The van der Waals surface area contributed by atoms with Crippen molar-refractivity contribution in [2.45, 2.75) is 31.1 Å². The highest BCUT2D eigenvalue weighted by Crippen LogP contribution is 2.43. The molecule has 0 unspecified atom stereocenters. The highest BCUT2D eigenvalue weighted by atomic mass is 16.4. The molecule has 1 fully saturated rings. The maximum Gasteiger partial charge on any atom is 0.315 e. The van der Waals surface area contributed by atoms with E-state index in [1.165, 1.54) is 0 Å². The van der Waals surface area contributed by atoms with E-state index < -0.39 is 11.4 Å². The van der Waals surface area contributed by atoms with Crippen LogP contribution in [0, 0.1) is 0 Å². The molecule has 0 saturated heterocycles. The third-order valence-electron chi connectivity index (χ3n) is 4.21. The Hall–Kier alpha value is -2.16. The minimum Gasteiger partial charge on any atom is -0.481 e. The lowest BCUT2D eigenvalue weighted by molar-refractivity contribution is -0.143. The molecular weight excluding hydrogens is 250 g/mol. The van der Waals surface area contributed by atoms with Gasteiger partial charge in [0, 0.05) is 11.8 Å². The Morgan fingerprint density at radius 3 is 2.40 bits per heavy atom. The fourth-order valence-electron chi connectivity index (χ4n) is 3.17. The van der Waals surface area contributed by atoms with Gasteiger partial charge in [-0.05, 0) is 24.5 Å². The van der Waals surface area contributed by atoms with Gasteiger partial charge in [-0.1, -0.05) is 49.2 Å². The standard InChI is InChI=1S/C17H17NO2/c19-16(20)17(10-4-5-11-17)15-14(9-6-12-18-15)13-7-2-1-3-8-13/h1-3,6-9,12H,4-5,10-11H2,(H,19,20). The number of hydrogen-bond acceptors (Lipinski definition) is 2. The molecule has 1 aromatic heterocycles. The van der Waals surface area contributed by atoms with Crippen molar-refractivity contribution in [1.82, 2.24) is 4.98 Å². The summed E-state index contributed by atoms with van der Waals surface area (Å²) in [6, 6.07) is 13.7. The molecule has 20 heavy (non-hydrogen) atoms. The molecule has 0 radical (unpaired) electrons. The van der Waals surface area contributed by atoms with Gasteiger partial charge < -0.3 is 5.11 Å². The average Bonchev–Trinajstić information content (AvgIpc) is 2.99. The normalized spacial score (nSPS) is 17.0. The predicted octanol–water partition coefficient (Wildman–Crippen LogP) is 3.65. The van der Waals surface area contributed by atoms with E-state index in [9.17, 15) is 9.90 Å². The van der Waals surface area contributed by atoms with Gasteiger partial charge >= 0.3 is 5.97 Å². The Morgan fingerprint density at radius 2 is 1.75 bits per heavy atom. The van der Waals surface area contributed by atoms with Gasteiger partial charge in [-0.15, -0.1) is 0 Å². The number of hydrogen-bond donors (Lipinski definition) is 1. The first-order valence-corrected chi connectivity index (χ1v) is 6.98. The number of pyridine rings is 1. The molecule has 0 atom stereocenters. The van der Waals surface area contributed by atoms with Crippen LogP contribution in [0.2, 0.25) is 0 Å². The van der Waals surface area contributed by atoms with Crippen molar-refractivity contribution in [2.75, 3.05) is 0 Å². The minimum absolute atomic E-state index is 0.680. The van der Waals surface area contributed by atoms with Gasteiger partial charge in [0.2, 0.25) is 0 Å². The van der Waals surface area contributed by atoms with Crippen molar-refractivity contribution in [3.05, 3.63) is 54.4 Å². The van der Waals surface area contributed by atoms with Crippen LogP contribution in [-0.4, -0.2) is 16.1 Å². The minimum atomic E-state index is -0.813. The largest absolute Gasteiger partial charge is 0.481 e. The molecule has 0 spiro atoms. The van der Waals surface area contributed by atoms with Gasteiger partial charge in [0.15, 0.2) is 0 Å². The monoisotopic (exact) mass is 267 g/mol. The van der Waals surface area contributed by atoms with Crippen LogP contribution in [0.4, 0.5) is 0 Å². The lowest BCUT2D eigenvalue weighted by Gasteiger charge is -2.25. The molecule has 3 rings (SSSR count). The predicted molar refractivity (Wildman–Crippen MR) is 77.5 cm³/mol. The molecular formula is C17H17NO2. The van der Waals surface area contributed by atoms with Crippen LogP contribution >= 0.6 is 0 Å². The highest BCUT2D eigenvalue weighted by molar-refractivity contribution is 5.84. The van der Waals surface area contributed by atoms with Crippen molar-refractivity contribution < 1.29 is 9.90 Å². The van der Waals surface area contributed by atoms with E-state index >= 15 is 0 Å². The summed E-state index contributed by atoms with van der Waals surface area (Å²) in [6.07, 6.45) is 4.97. The lowest BCUT2D eigenvalue weighted by Crippen LogP contribution is -2.34. The second kappa shape index (κ2) is 5.08. The average molecular weight is 267 g/mol. The quantitative estimate of drug-likeness (QED) is 0.923. The summed E-state index contributed by atoms with van der Waals surface area (Å²) >= 11 is 0. The van der Waals surface area contributed by atoms with Gasteiger partial charge in [-0.25, -0.2) is 0 Å². The van der Waals surface area contributed by atoms with Gasteiger partial charge in [-0.2, -0.15) is 0 Å². The molecule has 0 aliphatic heterocycles. The first kappa shape index (κ1) is 12.9. The van der Waals surface area contributed by atoms with Crippen molar-refractivity contribution in [1.29, 1.82) is 0 Å². The summed E-state index contributed by atoms with van der Waals surface area (Å²) in [5.74, 6) is -0.745. The number of nitrogens with zero attached hydrogens (tertiary/aromatic N) is 1. The van der Waals surface area contributed by atoms with Crippen LogP contribution in [-0.2, 0) is 10.2 Å². The Labute approximate surface area is 118 Å². The number of carboxylic acids is 1. The maximum absolute atomic E-state index is 11.9. The number of rotatable bonds is 3. The fraction of sp³-hybridized carbons (Fsp3) is 0.294. The highest BCUT2D eigenvalue weighted by Gasteiger charge is 2.45. The van der Waals surface area contributed by atoms with Gasteiger partial charge in [0.25, 0.3) is 0 Å². The Balaban J connectivity index is 2.17. The van der Waals surface area contributed by atoms with Crippen molar-refractivity contribution in [3.63, 3.8) is 0 Å². The Bertz CT molecular complexity index is 616. The fourth-order valence-corrected chi connectivity index (χ4v) is 3.17. The number of aromatic nitrogens is 1. The topological polar surface area (TPSA) is 50.2 Å². The molecule has 1 aliphatic rings. The third-order valence-corrected chi connectivity index (χ3v) is 4.21. The number of aliphatic carboxylic acids is 1. The summed E-state index contributed by atoms with van der Waals surface area (Å²) < 4.78 is 0. The summed E-state index contributed by atoms with van der Waals surface area (Å²) in [7, 11) is 0. The summed E-state index contributed by atoms with van der Waals surface area (Å²) in [4.78, 5) is 16.3. The van der Waals surface area contributed by atoms with Gasteiger partial charge in [0.05, 0.1) is 5.69 Å². The molecule has 1 aliphatic carbocycles. The Morgan fingerprint density at radius 1 is 1.05 bits per heavy atom. The second-order valence-electron chi connectivity index (χ2n) is 5.36. The van der Waals surface area contributed by atoms with Crippen LogP contribution in [0.25, 0.3) is 11.1 Å². The zero-order valence-corrected chi connectivity index (χ0v) is 11.2. The van der Waals surface area contributed by atoms with Crippen LogP contribution in [0.15, 0.2) is 48.7 Å². The molecule has 1 N–H and O–H groups in total. The first-order valence-electron chi connectivity index (χ1n) is 6.98. The maximum atomic E-state index is 11.9. The Kier molecular flexibility index (Phi) is 3.26. The summed E-state index contributed by atoms with van der Waals surface area (Å²) in [5.41, 5.74) is 1.88. The van der Waals surface area contributed by atoms with E-state index in [1.807, 2.05) is 42.5 Å². The third kappa shape index (κ3) is 1.99. The van der Waals surface area contributed by atoms with E-state index in [-0.39, 0.29) is 0 Å². The van der Waals surface area contributed by atoms with E-state index in [1.54, 1.807) is 6.20 Å². The van der Waals surface area contributed by atoms with E-state index in [0.717, 1.165) is 29.7 Å². The lowest BCUT2D eigenvalue weighted by atomic mass is 9.79. The van der Waals surface area contributed by atoms with Crippen LogP contribution in [0.1, 0.15) is 31.4 Å². The molecule has 1 heterocycles. The first-order chi connectivity index (χ1) is 9.74. The molecule has 0 bridgehead atoms. The molecule has 3 heteroatoms. The van der Waals surface area contributed by atoms with Crippen LogP contribution in [0.3, 0.4) is 0 Å². The molecule has 3 nitrogen and oxygen atoms in total. The zero-order chi connectivity index (χ0) is 14.0. The second-order valence-corrected chi connectivity index (χ2v) is 5.36. The molecule has 1 aromatic carbocycles. The zero-order valence-electron chi connectivity index (χ0n) is 11.2. The van der Waals surface area contributed by atoms with Gasteiger partial charge in [-0.3, -0.25) is 9.78 Å². The van der Waals surface area contributed by atoms with Crippen molar-refractivity contribution in [2.24, 2.45) is 0 Å². The smallest absolute Gasteiger partial charge is 0.315 e. The molecule has 0 amide bonds. The summed E-state index contributed by atoms with van der Waals surface area (Å²) in [5, 5.41) is 9.75. The number of carbonyl (C=O) groups is 1. The van der Waals surface area contributed by atoms with Crippen LogP contribution < -0.4 is 0 Å². The van der Waals surface area contributed by atoms with Crippen molar-refractivity contribution >= 4 is 5.97 Å². The summed E-state index contributed by atoms with van der Waals surface area (Å²) in [6.45, 7) is 0. The van der Waals surface area contributed by atoms with E-state index in [0.29, 0.717) is 12.8 Å². The molecule has 1 saturated carbocycles. The molecule has 102 valence electrons. The van der Waals surface area contributed by atoms with E-state index in [4.69, 9.17) is 0 Å². The van der Waals surface area contributed by atoms with Gasteiger partial charge in [0.1, 0.15) is 5.41 Å². The number of benzene rings is 1. The SMILES string of the molecule is O=C(O)C1(c2ncccc2-c2ccccc2)CCCC1. The van der Waals surface area contributed by atoms with Crippen molar-refractivity contribution in [3.8, 4) is 11.1 Å². The van der Waals surface area contributed by atoms with Crippen LogP contribution in [0.5, 0.6) is 0 Å². The van der Waals surface area contributed by atoms with E-state index in [2.05, 4.69) is 4.98 Å². The number of carboxylic acid groups (broad SMARTS) is 1. The molecule has 2 aromatic rings.